The number of nitrogens with one attached hydrogen (secondary N) is 2. The maximum Gasteiger partial charge on any atom is 0.417 e. The summed E-state index contributed by atoms with van der Waals surface area (Å²) in [5.74, 6) is -0.200. The fourth-order valence-corrected chi connectivity index (χ4v) is 9.20. The van der Waals surface area contributed by atoms with E-state index in [2.05, 4.69) is 15.6 Å². The van der Waals surface area contributed by atoms with E-state index >= 15 is 0 Å². The number of thiocarbonyl (C=S) groups is 1. The zero-order chi connectivity index (χ0) is 51.3. The number of nitriles is 1. The zero-order valence-electron chi connectivity index (χ0n) is 40.3. The van der Waals surface area contributed by atoms with Gasteiger partial charge in [0.2, 0.25) is 17.7 Å². The molecule has 5 aromatic rings. The second-order valence-electron chi connectivity index (χ2n) is 19.1. The van der Waals surface area contributed by atoms with Gasteiger partial charge in [0.15, 0.2) is 17.3 Å². The lowest BCUT2D eigenvalue weighted by molar-refractivity contribution is -0.144. The normalized spacial score (nSPS) is 16.7. The largest absolute Gasteiger partial charge is 0.494 e. The number of likely N-dealkylation sites (tertiary alicyclic amines) is 1. The number of nitrogens with zero attached hydrogens (tertiary/aromatic N) is 5. The van der Waals surface area contributed by atoms with Crippen molar-refractivity contribution in [1.82, 2.24) is 20.5 Å². The fourth-order valence-electron chi connectivity index (χ4n) is 8.67. The highest BCUT2D eigenvalue weighted by Gasteiger charge is 2.51. The van der Waals surface area contributed by atoms with Crippen molar-refractivity contribution >= 4 is 52.3 Å². The maximum atomic E-state index is 14.0. The molecule has 0 saturated carbocycles. The summed E-state index contributed by atoms with van der Waals surface area (Å²) >= 11 is 5.67. The summed E-state index contributed by atoms with van der Waals surface area (Å²) < 4.78 is 58.3. The lowest BCUT2D eigenvalue weighted by atomic mass is 9.85. The average molecular weight is 992 g/mol. The minimum atomic E-state index is -4.80. The number of amides is 4. The number of hydrogen-bond donors (Lipinski definition) is 2. The molecular weight excluding hydrogens is 936 g/mol. The molecule has 7 rings (SSSR count). The molecule has 4 aromatic carbocycles. The van der Waals surface area contributed by atoms with Gasteiger partial charge in [-0.15, -0.1) is 0 Å². The number of oxazole rings is 1. The molecule has 2 fully saturated rings. The molecule has 3 heterocycles. The average Bonchev–Trinajstić information content (AvgIpc) is 4.10. The number of carbonyl (C=O) groups is 4. The van der Waals surface area contributed by atoms with E-state index in [1.165, 1.54) is 12.5 Å². The minimum Gasteiger partial charge on any atom is -0.494 e. The van der Waals surface area contributed by atoms with Gasteiger partial charge in [0.05, 0.1) is 41.7 Å². The van der Waals surface area contributed by atoms with Gasteiger partial charge in [0, 0.05) is 24.4 Å². The first-order chi connectivity index (χ1) is 33.7. The van der Waals surface area contributed by atoms with Crippen LogP contribution >= 0.6 is 12.2 Å². The first-order valence-corrected chi connectivity index (χ1v) is 23.7. The molecular formula is C53H56F3N7O7S. The van der Waals surface area contributed by atoms with Crippen LogP contribution in [0.1, 0.15) is 90.0 Å². The Bertz CT molecular complexity index is 2770. The van der Waals surface area contributed by atoms with Crippen molar-refractivity contribution in [2.24, 2.45) is 5.41 Å². The van der Waals surface area contributed by atoms with Crippen molar-refractivity contribution in [2.75, 3.05) is 36.2 Å². The Kier molecular flexibility index (Phi) is 15.7. The van der Waals surface area contributed by atoms with Gasteiger partial charge < -0.3 is 34.3 Å². The van der Waals surface area contributed by atoms with E-state index < -0.39 is 52.2 Å². The lowest BCUT2D eigenvalue weighted by Crippen LogP contribution is -2.58. The van der Waals surface area contributed by atoms with E-state index in [1.807, 2.05) is 88.4 Å². The highest BCUT2D eigenvalue weighted by Crippen LogP contribution is 2.40. The summed E-state index contributed by atoms with van der Waals surface area (Å²) in [7, 11) is 0. The molecule has 18 heteroatoms. The third kappa shape index (κ3) is 11.8. The fraction of sp³-hybridized carbons (Fsp3) is 0.377. The molecule has 0 radical (unpaired) electrons. The van der Waals surface area contributed by atoms with E-state index in [9.17, 15) is 37.6 Å². The number of halogens is 3. The van der Waals surface area contributed by atoms with E-state index in [0.717, 1.165) is 39.3 Å². The molecule has 2 aliphatic rings. The van der Waals surface area contributed by atoms with Crippen LogP contribution in [0.2, 0.25) is 0 Å². The van der Waals surface area contributed by atoms with Gasteiger partial charge in [-0.25, -0.2) is 4.98 Å². The molecule has 0 spiro atoms. The Morgan fingerprint density at radius 1 is 0.915 bits per heavy atom. The first-order valence-electron chi connectivity index (χ1n) is 23.3. The quantitative estimate of drug-likeness (QED) is 0.0672. The Labute approximate surface area is 416 Å². The summed E-state index contributed by atoms with van der Waals surface area (Å²) in [4.78, 5) is 62.5. The van der Waals surface area contributed by atoms with Crippen molar-refractivity contribution in [1.29, 1.82) is 5.26 Å². The number of unbranched alkanes of at least 4 members (excludes halogenated alkanes) is 1. The Morgan fingerprint density at radius 2 is 1.55 bits per heavy atom. The molecule has 14 nitrogen and oxygen atoms in total. The van der Waals surface area contributed by atoms with Gasteiger partial charge in [-0.2, -0.15) is 18.4 Å². The van der Waals surface area contributed by atoms with Gasteiger partial charge in [-0.1, -0.05) is 69.3 Å². The van der Waals surface area contributed by atoms with E-state index in [-0.39, 0.29) is 35.3 Å². The predicted octanol–water partition coefficient (Wildman–Crippen LogP) is 9.39. The molecule has 0 bridgehead atoms. The molecule has 71 heavy (non-hydrogen) atoms. The summed E-state index contributed by atoms with van der Waals surface area (Å²) in [5, 5.41) is 15.2. The molecule has 2 saturated heterocycles. The van der Waals surface area contributed by atoms with Crippen LogP contribution in [0.25, 0.3) is 22.5 Å². The van der Waals surface area contributed by atoms with E-state index in [4.69, 9.17) is 26.1 Å². The van der Waals surface area contributed by atoms with Gasteiger partial charge in [-0.05, 0) is 123 Å². The first kappa shape index (κ1) is 51.7. The summed E-state index contributed by atoms with van der Waals surface area (Å²) in [5.41, 5.74) is 0.443. The predicted molar refractivity (Wildman–Crippen MR) is 265 cm³/mol. The van der Waals surface area contributed by atoms with Gasteiger partial charge in [0.1, 0.15) is 30.0 Å². The summed E-state index contributed by atoms with van der Waals surface area (Å²) in [6.45, 7) is 11.7. The standard InChI is InChI=1S/C53H56F3N7O7S/c1-33(34-11-13-37(14-12-34)44-30-58-32-70-44)59-47(65)43-10-9-25-61(43)48(66)46(51(2,3)4)60-45(64)31-68-26-7-8-27-69-41-23-18-36(19-24-41)35-15-20-39(21-16-35)63-50(71)62(49(67)52(63,5)6)40-22-17-38(29-57)42(28-40)53(54,55)56/h11-24,28,30,32-33,43,46H,7-10,25-27,31H2,1-6H3,(H,59,65)(H,60,64)/t33-,43-,46?/m0/s1. The van der Waals surface area contributed by atoms with Crippen molar-refractivity contribution in [3.05, 3.63) is 120 Å². The third-order valence-corrected chi connectivity index (χ3v) is 13.0. The zero-order valence-corrected chi connectivity index (χ0v) is 41.2. The van der Waals surface area contributed by atoms with Crippen LogP contribution in [-0.2, 0) is 30.1 Å². The molecule has 2 aliphatic heterocycles. The number of rotatable bonds is 17. The summed E-state index contributed by atoms with van der Waals surface area (Å²) in [6.07, 6.45) is 0.659. The lowest BCUT2D eigenvalue weighted by Gasteiger charge is -2.35. The van der Waals surface area contributed by atoms with Gasteiger partial charge in [0.25, 0.3) is 5.91 Å². The number of anilines is 2. The van der Waals surface area contributed by atoms with Gasteiger partial charge >= 0.3 is 6.18 Å². The summed E-state index contributed by atoms with van der Waals surface area (Å²) in [6, 6.07) is 25.2. The Morgan fingerprint density at radius 3 is 2.17 bits per heavy atom. The van der Waals surface area contributed by atoms with Crippen LogP contribution in [0.4, 0.5) is 24.5 Å². The molecule has 1 unspecified atom stereocenters. The number of aromatic nitrogens is 1. The van der Waals surface area contributed by atoms with E-state index in [1.54, 1.807) is 48.0 Å². The van der Waals surface area contributed by atoms with E-state index in [0.29, 0.717) is 62.6 Å². The van der Waals surface area contributed by atoms with Crippen LogP contribution < -0.4 is 25.2 Å². The van der Waals surface area contributed by atoms with Crippen LogP contribution in [0.3, 0.4) is 0 Å². The highest BCUT2D eigenvalue weighted by atomic mass is 32.1. The van der Waals surface area contributed by atoms with Crippen molar-refractivity contribution < 1.29 is 46.2 Å². The minimum absolute atomic E-state index is 0.00774. The maximum absolute atomic E-state index is 14.0. The van der Waals surface area contributed by atoms with Crippen molar-refractivity contribution in [2.45, 2.75) is 97.1 Å². The number of carbonyl (C=O) groups excluding carboxylic acids is 4. The van der Waals surface area contributed by atoms with Crippen molar-refractivity contribution in [3.8, 4) is 34.3 Å². The molecule has 0 aliphatic carbocycles. The second kappa shape index (κ2) is 21.5. The smallest absolute Gasteiger partial charge is 0.417 e. The molecule has 4 amide bonds. The number of alkyl halides is 3. The SMILES string of the molecule is C[C@H](NC(=O)[C@@H]1CCCN1C(=O)C(NC(=O)COCCCCOc1ccc(-c2ccc(N3C(=S)N(c4ccc(C#N)c(C(F)(F)F)c4)C(=O)C3(C)C)cc2)cc1)C(C)(C)C)c1ccc(-c2cnco2)cc1. The molecule has 372 valence electrons. The second-order valence-corrected chi connectivity index (χ2v) is 19.5. The Balaban J connectivity index is 0.839. The van der Waals surface area contributed by atoms with Crippen LogP contribution in [-0.4, -0.2) is 82.6 Å². The molecule has 3 atom stereocenters. The molecule has 2 N–H and O–H groups in total. The van der Waals surface area contributed by atoms with Crippen LogP contribution in [0.5, 0.6) is 5.75 Å². The monoisotopic (exact) mass is 991 g/mol. The van der Waals surface area contributed by atoms with Crippen LogP contribution in [0.15, 0.2) is 108 Å². The Hall–Kier alpha value is -7.10. The number of hydrogen-bond acceptors (Lipinski definition) is 10. The topological polar surface area (TPSA) is 170 Å². The van der Waals surface area contributed by atoms with Gasteiger partial charge in [-0.3, -0.25) is 24.1 Å². The third-order valence-electron chi connectivity index (χ3n) is 12.6. The van der Waals surface area contributed by atoms with Crippen LogP contribution in [0, 0.1) is 16.7 Å². The molecule has 1 aromatic heterocycles. The highest BCUT2D eigenvalue weighted by molar-refractivity contribution is 7.81. The van der Waals surface area contributed by atoms with Crippen molar-refractivity contribution in [3.63, 3.8) is 0 Å². The number of ether oxygens (including phenoxy) is 2. The number of benzene rings is 4.